The fourth-order valence-electron chi connectivity index (χ4n) is 11.6. The minimum Gasteiger partial charge on any atom is -0.508 e. The van der Waals surface area contributed by atoms with E-state index in [1.807, 2.05) is 18.2 Å². The minimum atomic E-state index is -1.00. The van der Waals surface area contributed by atoms with Gasteiger partial charge in [0, 0.05) is 17.3 Å². The van der Waals surface area contributed by atoms with Gasteiger partial charge in [0.25, 0.3) is 0 Å². The van der Waals surface area contributed by atoms with Crippen molar-refractivity contribution in [3.05, 3.63) is 64.3 Å². The number of aliphatic carboxylic acids is 1. The zero-order chi connectivity index (χ0) is 36.1. The first-order valence-corrected chi connectivity index (χ1v) is 18.6. The van der Waals surface area contributed by atoms with Crippen molar-refractivity contribution in [3.63, 3.8) is 0 Å². The van der Waals surface area contributed by atoms with Crippen LogP contribution < -0.4 is 5.73 Å². The average Bonchev–Trinajstić information content (AvgIpc) is 3.58. The molecule has 9 atom stereocenters. The number of aliphatic hydroxyl groups is 2. The van der Waals surface area contributed by atoms with E-state index in [-0.39, 0.29) is 23.2 Å². The summed E-state index contributed by atoms with van der Waals surface area (Å²) in [7, 11) is 0. The molecule has 7 heteroatoms. The predicted molar refractivity (Wildman–Crippen MR) is 194 cm³/mol. The van der Waals surface area contributed by atoms with Gasteiger partial charge in [-0.1, -0.05) is 43.9 Å². The second kappa shape index (κ2) is 13.5. The summed E-state index contributed by atoms with van der Waals surface area (Å²) in [5.41, 5.74) is 9.06. The van der Waals surface area contributed by atoms with Crippen LogP contribution in [0.4, 0.5) is 0 Å². The molecule has 3 fully saturated rings. The molecular weight excluding hydrogens is 626 g/mol. The first-order chi connectivity index (χ1) is 23.8. The Balaban J connectivity index is 0.000000153. The lowest BCUT2D eigenvalue weighted by molar-refractivity contribution is -0.135. The van der Waals surface area contributed by atoms with Gasteiger partial charge in [-0.25, -0.2) is 0 Å². The summed E-state index contributed by atoms with van der Waals surface area (Å²) in [5, 5.41) is 39.3. The number of carbonyl (C=O) groups is 2. The number of carboxylic acid groups (broad SMARTS) is 1. The number of hydrogen-bond acceptors (Lipinski definition) is 6. The Morgan fingerprint density at radius 1 is 0.940 bits per heavy atom. The van der Waals surface area contributed by atoms with Crippen LogP contribution in [0.15, 0.2) is 53.1 Å². The fourth-order valence-corrected chi connectivity index (χ4v) is 11.6. The zero-order valence-electron chi connectivity index (χ0n) is 29.6. The fraction of sp³-hybridized carbons (Fsp3) is 0.581. The molecule has 0 amide bonds. The lowest BCUT2D eigenvalue weighted by Gasteiger charge is -2.52. The van der Waals surface area contributed by atoms with Gasteiger partial charge in [0.15, 0.2) is 5.78 Å². The molecule has 50 heavy (non-hydrogen) atoms. The van der Waals surface area contributed by atoms with Gasteiger partial charge in [0.2, 0.25) is 0 Å². The van der Waals surface area contributed by atoms with E-state index < -0.39 is 17.2 Å². The van der Waals surface area contributed by atoms with Crippen LogP contribution in [0.3, 0.4) is 0 Å². The Labute approximate surface area is 297 Å². The Bertz CT molecular complexity index is 1720. The number of carbonyl (C=O) groups excluding carboxylic acids is 1. The summed E-state index contributed by atoms with van der Waals surface area (Å²) in [6, 6.07) is 5.87. The van der Waals surface area contributed by atoms with Gasteiger partial charge < -0.3 is 26.2 Å². The molecule has 266 valence electrons. The molecule has 7 nitrogen and oxygen atoms in total. The molecular formula is C43H53NO6. The van der Waals surface area contributed by atoms with E-state index in [0.717, 1.165) is 70.6 Å². The van der Waals surface area contributed by atoms with Gasteiger partial charge in [-0.2, -0.15) is 0 Å². The van der Waals surface area contributed by atoms with E-state index >= 15 is 0 Å². The summed E-state index contributed by atoms with van der Waals surface area (Å²) in [6.45, 7) is 4.09. The summed E-state index contributed by atoms with van der Waals surface area (Å²) in [4.78, 5) is 21.0. The lowest BCUT2D eigenvalue weighted by Crippen LogP contribution is -2.50. The number of rotatable bonds is 2. The third-order valence-corrected chi connectivity index (χ3v) is 14.2. The molecule has 0 radical (unpaired) electrons. The van der Waals surface area contributed by atoms with Crippen molar-refractivity contribution in [1.29, 1.82) is 0 Å². The highest BCUT2D eigenvalue weighted by Crippen LogP contribution is 2.65. The Kier molecular flexibility index (Phi) is 9.77. The third kappa shape index (κ3) is 5.67. The lowest BCUT2D eigenvalue weighted by atomic mass is 9.53. The van der Waals surface area contributed by atoms with Gasteiger partial charge in [0.05, 0.1) is 6.54 Å². The van der Waals surface area contributed by atoms with Crippen molar-refractivity contribution in [2.24, 2.45) is 40.2 Å². The number of terminal acetylenes is 2. The highest BCUT2D eigenvalue weighted by molar-refractivity contribution is 5.93. The van der Waals surface area contributed by atoms with Crippen molar-refractivity contribution in [1.82, 2.24) is 0 Å². The van der Waals surface area contributed by atoms with Crippen LogP contribution in [0, 0.1) is 59.2 Å². The number of fused-ring (bicyclic) bond motifs is 9. The van der Waals surface area contributed by atoms with E-state index in [1.165, 1.54) is 27.8 Å². The summed E-state index contributed by atoms with van der Waals surface area (Å²) < 4.78 is 0. The van der Waals surface area contributed by atoms with E-state index in [2.05, 4.69) is 49.6 Å². The number of allylic oxidation sites excluding steroid dienone is 5. The predicted octanol–water partition coefficient (Wildman–Crippen LogP) is 6.37. The largest absolute Gasteiger partial charge is 0.508 e. The van der Waals surface area contributed by atoms with E-state index in [0.29, 0.717) is 48.2 Å². The summed E-state index contributed by atoms with van der Waals surface area (Å²) in [6.07, 6.45) is 30.0. The molecule has 0 aliphatic heterocycles. The molecule has 0 spiro atoms. The Morgan fingerprint density at radius 3 is 2.32 bits per heavy atom. The molecule has 7 aliphatic carbocycles. The van der Waals surface area contributed by atoms with Crippen molar-refractivity contribution in [2.45, 2.75) is 114 Å². The number of ketones is 1. The molecule has 0 saturated heterocycles. The molecule has 0 heterocycles. The van der Waals surface area contributed by atoms with Crippen LogP contribution in [-0.4, -0.2) is 49.9 Å². The topological polar surface area (TPSA) is 141 Å². The minimum absolute atomic E-state index is 0.128. The maximum absolute atomic E-state index is 11.7. The zero-order valence-corrected chi connectivity index (χ0v) is 29.6. The van der Waals surface area contributed by atoms with E-state index in [9.17, 15) is 24.9 Å². The first kappa shape index (κ1) is 36.2. The molecule has 8 rings (SSSR count). The van der Waals surface area contributed by atoms with Gasteiger partial charge in [-0.3, -0.25) is 9.59 Å². The number of carboxylic acids is 1. The second-order valence-corrected chi connectivity index (χ2v) is 16.0. The van der Waals surface area contributed by atoms with Crippen LogP contribution in [0.1, 0.15) is 108 Å². The van der Waals surface area contributed by atoms with Crippen LogP contribution in [0.5, 0.6) is 5.75 Å². The molecule has 1 aromatic carbocycles. The van der Waals surface area contributed by atoms with Gasteiger partial charge in [0.1, 0.15) is 17.0 Å². The number of aromatic hydroxyl groups is 1. The number of phenols is 1. The van der Waals surface area contributed by atoms with Crippen molar-refractivity contribution >= 4 is 11.8 Å². The summed E-state index contributed by atoms with van der Waals surface area (Å²) >= 11 is 0. The van der Waals surface area contributed by atoms with Crippen LogP contribution in [-0.2, 0) is 16.0 Å². The monoisotopic (exact) mass is 679 g/mol. The van der Waals surface area contributed by atoms with Crippen LogP contribution in [0.25, 0.3) is 0 Å². The van der Waals surface area contributed by atoms with Crippen LogP contribution in [0.2, 0.25) is 0 Å². The standard InChI is InChI=1S/C21H24O2.C20H24O2.C2H5NO2/c1-3-20-11-9-17-16-8-6-15(22)13-14(16)5-7-18(17)19(20)10-12-21(20,23)4-2;1-3-20(22)11-9-18-17-6-4-13-12-14(21)5-7-15(13)16(17)8-10-19(18,20)2;3-1-2(4)5/h2,9,11,13,18-19,23H,3,5-8,10,12H2,1H3;1,5,7,12,16-18,21-22H,4,6,8-11H2,2H3;1,3H2,(H,4,5)/t18-,19+,20+,21+;16-,17-,18+,19+,20+;/m11./s1. The number of nitrogens with two attached hydrogens (primary N) is 1. The van der Waals surface area contributed by atoms with Crippen molar-refractivity contribution in [3.8, 4) is 30.4 Å². The second-order valence-electron chi connectivity index (χ2n) is 16.0. The average molecular weight is 680 g/mol. The normalized spacial score (nSPS) is 38.8. The Hall–Kier alpha value is -3.62. The molecule has 0 unspecified atom stereocenters. The Morgan fingerprint density at radius 2 is 1.64 bits per heavy atom. The van der Waals surface area contributed by atoms with Crippen molar-refractivity contribution < 1.29 is 30.0 Å². The quantitative estimate of drug-likeness (QED) is 0.229. The van der Waals surface area contributed by atoms with E-state index in [1.54, 1.807) is 0 Å². The number of phenolic OH excluding ortho intramolecular Hbond substituents is 1. The van der Waals surface area contributed by atoms with Crippen molar-refractivity contribution in [2.75, 3.05) is 6.54 Å². The molecule has 1 aromatic rings. The third-order valence-electron chi connectivity index (χ3n) is 14.2. The first-order valence-electron chi connectivity index (χ1n) is 18.6. The highest BCUT2D eigenvalue weighted by atomic mass is 16.4. The van der Waals surface area contributed by atoms with Gasteiger partial charge in [-0.15, -0.1) is 12.8 Å². The maximum atomic E-state index is 11.7. The highest BCUT2D eigenvalue weighted by Gasteiger charge is 2.62. The molecule has 7 aliphatic rings. The molecule has 6 N–H and O–H groups in total. The molecule has 0 bridgehead atoms. The van der Waals surface area contributed by atoms with Gasteiger partial charge >= 0.3 is 5.97 Å². The number of benzene rings is 1. The SMILES string of the molecule is C#C[C@]1(O)CC[C@H]2[C@@H]3CCC4=CC(=O)CCC4=C3C=C[C@@]21CC.C#C[C@]1(O)CC[C@H]2[C@@H]3CCc4cc(O)ccc4[C@H]3CC[C@@]21C.NCC(=O)O. The number of aryl methyl sites for hydroxylation is 1. The van der Waals surface area contributed by atoms with Crippen LogP contribution >= 0.6 is 0 Å². The smallest absolute Gasteiger partial charge is 0.317 e. The molecule has 3 saturated carbocycles. The summed E-state index contributed by atoms with van der Waals surface area (Å²) in [5.74, 6) is 7.76. The maximum Gasteiger partial charge on any atom is 0.317 e. The molecule has 0 aromatic heterocycles. The number of hydrogen-bond donors (Lipinski definition) is 5. The van der Waals surface area contributed by atoms with E-state index in [4.69, 9.17) is 18.0 Å². The van der Waals surface area contributed by atoms with Gasteiger partial charge in [-0.05, 0) is 153 Å².